The van der Waals surface area contributed by atoms with Crippen molar-refractivity contribution in [2.45, 2.75) is 71.6 Å². The molecule has 4 aromatic carbocycles. The molecule has 0 aliphatic rings. The molecule has 0 heterocycles. The minimum atomic E-state index is -0.362. The van der Waals surface area contributed by atoms with Gasteiger partial charge in [-0.25, -0.2) is 0 Å². The summed E-state index contributed by atoms with van der Waals surface area (Å²) in [6, 6.07) is 22.7. The maximum Gasteiger partial charge on any atom is 0.122 e. The molecule has 4 nitrogen and oxygen atoms in total. The number of aromatic hydroxyl groups is 4. The Balaban J connectivity index is 1.82. The first-order chi connectivity index (χ1) is 18.4. The second-order valence-corrected chi connectivity index (χ2v) is 11.5. The lowest BCUT2D eigenvalue weighted by Crippen LogP contribution is -2.20. The van der Waals surface area contributed by atoms with E-state index in [2.05, 4.69) is 39.8 Å². The van der Waals surface area contributed by atoms with Gasteiger partial charge in [-0.1, -0.05) is 90.1 Å². The predicted octanol–water partition coefficient (Wildman–Crippen LogP) is 7.88. The summed E-state index contributed by atoms with van der Waals surface area (Å²) >= 11 is 0. The van der Waals surface area contributed by atoms with Crippen LogP contribution in [0.3, 0.4) is 0 Å². The van der Waals surface area contributed by atoms with Crippen molar-refractivity contribution in [1.82, 2.24) is 0 Å². The van der Waals surface area contributed by atoms with Gasteiger partial charge in [-0.3, -0.25) is 0 Å². The van der Waals surface area contributed by atoms with Gasteiger partial charge < -0.3 is 20.4 Å². The van der Waals surface area contributed by atoms with Crippen molar-refractivity contribution in [1.29, 1.82) is 0 Å². The van der Waals surface area contributed by atoms with Gasteiger partial charge in [0.15, 0.2) is 0 Å². The summed E-state index contributed by atoms with van der Waals surface area (Å²) in [6.45, 7) is 12.6. The van der Waals surface area contributed by atoms with Gasteiger partial charge in [0.05, 0.1) is 0 Å². The second kappa shape index (κ2) is 10.7. The van der Waals surface area contributed by atoms with E-state index >= 15 is 0 Å². The molecule has 0 radical (unpaired) electrons. The number of hydrogen-bond acceptors (Lipinski definition) is 4. The van der Waals surface area contributed by atoms with Crippen LogP contribution >= 0.6 is 0 Å². The quantitative estimate of drug-likeness (QED) is 0.189. The van der Waals surface area contributed by atoms with E-state index in [9.17, 15) is 20.4 Å². The van der Waals surface area contributed by atoms with Crippen LogP contribution < -0.4 is 0 Å². The minimum Gasteiger partial charge on any atom is -0.508 e. The maximum absolute atomic E-state index is 11.3. The van der Waals surface area contributed by atoms with E-state index in [4.69, 9.17) is 0 Å². The predicted molar refractivity (Wildman–Crippen MR) is 158 cm³/mol. The highest BCUT2D eigenvalue weighted by Crippen LogP contribution is 2.40. The molecule has 0 aromatic heterocycles. The third-order valence-corrected chi connectivity index (χ3v) is 8.30. The molecular weight excluding hydrogens is 484 g/mol. The highest BCUT2D eigenvalue weighted by atomic mass is 16.3. The Bertz CT molecular complexity index is 1350. The number of phenolic OH excluding ortho intramolecular Hbond substituents is 4. The van der Waals surface area contributed by atoms with Gasteiger partial charge in [0.2, 0.25) is 0 Å². The molecule has 0 amide bonds. The van der Waals surface area contributed by atoms with Gasteiger partial charge in [0, 0.05) is 17.3 Å². The van der Waals surface area contributed by atoms with Crippen molar-refractivity contribution in [2.75, 3.05) is 0 Å². The van der Waals surface area contributed by atoms with Gasteiger partial charge in [0.25, 0.3) is 0 Å². The fraction of sp³-hybridized carbons (Fsp3) is 0.314. The summed E-state index contributed by atoms with van der Waals surface area (Å²) in [6.07, 6.45) is 1.74. The molecule has 0 unspecified atom stereocenters. The first-order valence-corrected chi connectivity index (χ1v) is 13.7. The lowest BCUT2D eigenvalue weighted by Gasteiger charge is -2.29. The lowest BCUT2D eigenvalue weighted by atomic mass is 9.75. The summed E-state index contributed by atoms with van der Waals surface area (Å²) in [5.41, 5.74) is 6.80. The molecule has 0 spiro atoms. The smallest absolute Gasteiger partial charge is 0.122 e. The highest BCUT2D eigenvalue weighted by molar-refractivity contribution is 5.55. The molecule has 0 aliphatic heterocycles. The Labute approximate surface area is 232 Å². The summed E-state index contributed by atoms with van der Waals surface area (Å²) in [5, 5.41) is 42.1. The minimum absolute atomic E-state index is 0.229. The van der Waals surface area contributed by atoms with E-state index < -0.39 is 0 Å². The van der Waals surface area contributed by atoms with Gasteiger partial charge in [-0.05, 0) is 81.6 Å². The fourth-order valence-corrected chi connectivity index (χ4v) is 5.34. The first-order valence-electron chi connectivity index (χ1n) is 13.7. The van der Waals surface area contributed by atoms with Crippen LogP contribution in [0.15, 0.2) is 72.8 Å². The van der Waals surface area contributed by atoms with Crippen LogP contribution in [0.5, 0.6) is 23.0 Å². The zero-order valence-electron chi connectivity index (χ0n) is 23.8. The first kappa shape index (κ1) is 28.1. The summed E-state index contributed by atoms with van der Waals surface area (Å²) < 4.78 is 0. The van der Waals surface area contributed by atoms with E-state index in [1.54, 1.807) is 24.3 Å². The van der Waals surface area contributed by atoms with Gasteiger partial charge >= 0.3 is 0 Å². The Hall–Kier alpha value is -3.92. The third kappa shape index (κ3) is 5.47. The summed E-state index contributed by atoms with van der Waals surface area (Å²) in [4.78, 5) is 0. The Morgan fingerprint density at radius 1 is 0.462 bits per heavy atom. The van der Waals surface area contributed by atoms with Crippen LogP contribution in [0.25, 0.3) is 0 Å². The van der Waals surface area contributed by atoms with E-state index in [0.717, 1.165) is 44.5 Å². The highest BCUT2D eigenvalue weighted by Gasteiger charge is 2.28. The number of phenols is 4. The molecule has 4 heteroatoms. The van der Waals surface area contributed by atoms with Crippen molar-refractivity contribution in [3.05, 3.63) is 117 Å². The van der Waals surface area contributed by atoms with Crippen molar-refractivity contribution in [2.24, 2.45) is 0 Å². The molecule has 4 N–H and O–H groups in total. The Kier molecular flexibility index (Phi) is 7.70. The molecule has 39 heavy (non-hydrogen) atoms. The number of rotatable bonds is 8. The van der Waals surface area contributed by atoms with Gasteiger partial charge in [0.1, 0.15) is 23.0 Å². The van der Waals surface area contributed by atoms with Crippen LogP contribution in [0.1, 0.15) is 86.1 Å². The normalized spacial score (nSPS) is 12.1. The Morgan fingerprint density at radius 2 is 0.769 bits per heavy atom. The molecular formula is C35H40O4. The molecule has 0 saturated carbocycles. The molecule has 204 valence electrons. The van der Waals surface area contributed by atoms with Crippen LogP contribution in [0.4, 0.5) is 0 Å². The second-order valence-electron chi connectivity index (χ2n) is 11.5. The van der Waals surface area contributed by atoms with Crippen molar-refractivity contribution in [3.63, 3.8) is 0 Å². The van der Waals surface area contributed by atoms with Crippen molar-refractivity contribution < 1.29 is 20.4 Å². The molecule has 0 saturated heterocycles. The van der Waals surface area contributed by atoms with Gasteiger partial charge in [-0.2, -0.15) is 0 Å². The average molecular weight is 525 g/mol. The zero-order chi connectivity index (χ0) is 28.5. The van der Waals surface area contributed by atoms with Crippen molar-refractivity contribution in [3.8, 4) is 23.0 Å². The molecule has 0 bridgehead atoms. The van der Waals surface area contributed by atoms with Crippen LogP contribution in [0, 0.1) is 0 Å². The molecule has 0 atom stereocenters. The average Bonchev–Trinajstić information content (AvgIpc) is 2.91. The Morgan fingerprint density at radius 3 is 1.08 bits per heavy atom. The lowest BCUT2D eigenvalue weighted by molar-refractivity contribution is 0.455. The standard InChI is InChI=1S/C35H40O4/c1-7-22-18-28(34(3,4)26-9-13-30(36)14-10-26)20-24(32(22)38)17-25-21-29(19-23(8-2)33(25)39)35(5,6)27-11-15-31(37)16-12-27/h9-16,18-21,36-39H,7-8,17H2,1-6H3. The topological polar surface area (TPSA) is 80.9 Å². The number of aryl methyl sites for hydroxylation is 2. The maximum atomic E-state index is 11.3. The molecule has 0 aliphatic carbocycles. The number of hydrogen-bond donors (Lipinski definition) is 4. The monoisotopic (exact) mass is 524 g/mol. The van der Waals surface area contributed by atoms with Crippen LogP contribution in [-0.2, 0) is 30.1 Å². The fourth-order valence-electron chi connectivity index (χ4n) is 5.34. The summed E-state index contributed by atoms with van der Waals surface area (Å²) in [7, 11) is 0. The number of benzene rings is 4. The molecule has 4 aromatic rings. The van der Waals surface area contributed by atoms with E-state index in [-0.39, 0.29) is 33.8 Å². The molecule has 0 fully saturated rings. The SMILES string of the molecule is CCc1cc(C(C)(C)c2ccc(O)cc2)cc(Cc2cc(C(C)(C)c3ccc(O)cc3)cc(CC)c2O)c1O. The largest absolute Gasteiger partial charge is 0.508 e. The van der Waals surface area contributed by atoms with Crippen LogP contribution in [-0.4, -0.2) is 20.4 Å². The van der Waals surface area contributed by atoms with Crippen molar-refractivity contribution >= 4 is 0 Å². The van der Waals surface area contributed by atoms with E-state index in [0.29, 0.717) is 19.3 Å². The zero-order valence-corrected chi connectivity index (χ0v) is 23.8. The summed E-state index contributed by atoms with van der Waals surface area (Å²) in [5.74, 6) is 0.992. The van der Waals surface area contributed by atoms with E-state index in [1.165, 1.54) is 0 Å². The van der Waals surface area contributed by atoms with Gasteiger partial charge in [-0.15, -0.1) is 0 Å². The third-order valence-electron chi connectivity index (χ3n) is 8.30. The molecule has 4 rings (SSSR count). The van der Waals surface area contributed by atoms with E-state index in [1.807, 2.05) is 50.2 Å². The van der Waals surface area contributed by atoms with Crippen LogP contribution in [0.2, 0.25) is 0 Å².